The monoisotopic (exact) mass is 506 g/mol. The SMILES string of the molecule is C=C1C(Br)=c2ccc3c(Br)cc(Br)nc3c2=NC1Br. The van der Waals surface area contributed by atoms with Crippen LogP contribution in [0.5, 0.6) is 0 Å². The molecule has 2 heterocycles. The van der Waals surface area contributed by atoms with Crippen LogP contribution in [0.15, 0.2) is 44.4 Å². The highest BCUT2D eigenvalue weighted by Crippen LogP contribution is 2.28. The topological polar surface area (TPSA) is 25.2 Å². The second-order valence-corrected chi connectivity index (χ2v) is 7.42. The third kappa shape index (κ3) is 2.26. The largest absolute Gasteiger partial charge is 0.263 e. The lowest BCUT2D eigenvalue weighted by atomic mass is 10.1. The number of hydrogen-bond acceptors (Lipinski definition) is 2. The van der Waals surface area contributed by atoms with Crippen molar-refractivity contribution in [1.29, 1.82) is 0 Å². The molecule has 6 heteroatoms. The van der Waals surface area contributed by atoms with Crippen molar-refractivity contribution in [3.8, 4) is 0 Å². The smallest absolute Gasteiger partial charge is 0.131 e. The predicted octanol–water partition coefficient (Wildman–Crippen LogP) is 4.17. The lowest BCUT2D eigenvalue weighted by Gasteiger charge is -2.14. The summed E-state index contributed by atoms with van der Waals surface area (Å²) in [5.41, 5.74) is 1.79. The van der Waals surface area contributed by atoms with Gasteiger partial charge in [0.1, 0.15) is 9.55 Å². The number of aromatic nitrogens is 1. The number of pyridine rings is 1. The van der Waals surface area contributed by atoms with Crippen molar-refractivity contribution >= 4 is 79.1 Å². The molecule has 2 nitrogen and oxygen atoms in total. The molecule has 3 rings (SSSR count). The van der Waals surface area contributed by atoms with Gasteiger partial charge in [-0.1, -0.05) is 34.6 Å². The summed E-state index contributed by atoms with van der Waals surface area (Å²) in [6.07, 6.45) is 0. The van der Waals surface area contributed by atoms with Gasteiger partial charge >= 0.3 is 0 Å². The van der Waals surface area contributed by atoms with Crippen molar-refractivity contribution < 1.29 is 0 Å². The van der Waals surface area contributed by atoms with E-state index in [-0.39, 0.29) is 4.95 Å². The van der Waals surface area contributed by atoms with E-state index in [0.29, 0.717) is 0 Å². The molecular formula is C13H6Br4N2. The molecule has 0 N–H and O–H groups in total. The highest BCUT2D eigenvalue weighted by atomic mass is 79.9. The molecule has 1 aliphatic heterocycles. The maximum Gasteiger partial charge on any atom is 0.131 e. The number of halogens is 4. The Hall–Kier alpha value is -0.0400. The Morgan fingerprint density at radius 3 is 2.63 bits per heavy atom. The van der Waals surface area contributed by atoms with Crippen LogP contribution in [-0.4, -0.2) is 9.94 Å². The Morgan fingerprint density at radius 2 is 1.89 bits per heavy atom. The number of fused-ring (bicyclic) bond motifs is 3. The van der Waals surface area contributed by atoms with E-state index in [1.807, 2.05) is 18.2 Å². The van der Waals surface area contributed by atoms with E-state index in [9.17, 15) is 0 Å². The zero-order chi connectivity index (χ0) is 13.7. The van der Waals surface area contributed by atoms with Crippen LogP contribution < -0.4 is 10.6 Å². The maximum atomic E-state index is 4.65. The summed E-state index contributed by atoms with van der Waals surface area (Å²) in [6, 6.07) is 6.01. The standard InChI is InChI=1S/C13H6Br4N2/c1-5-10(16)7-3-2-6-8(14)4-9(15)18-11(6)12(7)19-13(5)17/h2-4,13H,1H2. The summed E-state index contributed by atoms with van der Waals surface area (Å²) in [7, 11) is 0. The van der Waals surface area contributed by atoms with Crippen LogP contribution in [0.4, 0.5) is 0 Å². The number of rotatable bonds is 0. The quantitative estimate of drug-likeness (QED) is 0.297. The second kappa shape index (κ2) is 5.06. The van der Waals surface area contributed by atoms with Gasteiger partial charge in [-0.3, -0.25) is 4.99 Å². The van der Waals surface area contributed by atoms with Gasteiger partial charge in [-0.25, -0.2) is 4.98 Å². The lowest BCUT2D eigenvalue weighted by Crippen LogP contribution is -2.33. The van der Waals surface area contributed by atoms with E-state index in [1.165, 1.54) is 0 Å². The fourth-order valence-electron chi connectivity index (χ4n) is 1.98. The van der Waals surface area contributed by atoms with Crippen molar-refractivity contribution in [3.63, 3.8) is 0 Å². The highest BCUT2D eigenvalue weighted by molar-refractivity contribution is 9.15. The Kier molecular flexibility index (Phi) is 3.71. The van der Waals surface area contributed by atoms with E-state index >= 15 is 0 Å². The number of hydrogen-bond donors (Lipinski definition) is 0. The Balaban J connectivity index is 2.60. The van der Waals surface area contributed by atoms with Crippen molar-refractivity contribution in [2.45, 2.75) is 4.95 Å². The molecule has 0 fully saturated rings. The molecule has 1 aromatic carbocycles. The van der Waals surface area contributed by atoms with Gasteiger partial charge in [-0.05, 0) is 59.4 Å². The average molecular weight is 510 g/mol. The lowest BCUT2D eigenvalue weighted by molar-refractivity contribution is 1.04. The minimum absolute atomic E-state index is 0.125. The van der Waals surface area contributed by atoms with Crippen molar-refractivity contribution in [2.24, 2.45) is 4.99 Å². The molecule has 0 amide bonds. The van der Waals surface area contributed by atoms with Gasteiger partial charge in [0.25, 0.3) is 0 Å². The molecule has 1 unspecified atom stereocenters. The highest BCUT2D eigenvalue weighted by Gasteiger charge is 2.17. The van der Waals surface area contributed by atoms with E-state index in [0.717, 1.165) is 40.6 Å². The van der Waals surface area contributed by atoms with Crippen molar-refractivity contribution in [1.82, 2.24) is 4.98 Å². The van der Waals surface area contributed by atoms with Crippen molar-refractivity contribution in [3.05, 3.63) is 50.0 Å². The molecule has 1 atom stereocenters. The molecule has 0 bridgehead atoms. The van der Waals surface area contributed by atoms with Crippen LogP contribution in [0.25, 0.3) is 15.4 Å². The third-order valence-electron chi connectivity index (χ3n) is 2.92. The van der Waals surface area contributed by atoms with Gasteiger partial charge in [-0.2, -0.15) is 0 Å². The summed E-state index contributed by atoms with van der Waals surface area (Å²) >= 11 is 14.1. The molecule has 0 saturated heterocycles. The Bertz CT molecular complexity index is 842. The van der Waals surface area contributed by atoms with E-state index in [2.05, 4.69) is 80.3 Å². The van der Waals surface area contributed by atoms with E-state index in [4.69, 9.17) is 0 Å². The summed E-state index contributed by atoms with van der Waals surface area (Å²) in [4.78, 5) is 9.08. The number of alkyl halides is 1. The molecule has 0 radical (unpaired) electrons. The second-order valence-electron chi connectivity index (χ2n) is 4.09. The van der Waals surface area contributed by atoms with Crippen molar-refractivity contribution in [2.75, 3.05) is 0 Å². The first-order chi connectivity index (χ1) is 8.99. The Labute approximate surface area is 143 Å². The molecule has 0 saturated carbocycles. The summed E-state index contributed by atoms with van der Waals surface area (Å²) in [5.74, 6) is 0. The molecule has 0 spiro atoms. The molecule has 19 heavy (non-hydrogen) atoms. The summed E-state index contributed by atoms with van der Waals surface area (Å²) in [5, 5.41) is 2.93. The predicted molar refractivity (Wildman–Crippen MR) is 92.1 cm³/mol. The molecule has 1 aliphatic rings. The molecular weight excluding hydrogens is 504 g/mol. The van der Waals surface area contributed by atoms with Crippen LogP contribution in [0.1, 0.15) is 0 Å². The van der Waals surface area contributed by atoms with Gasteiger partial charge in [0.15, 0.2) is 0 Å². The minimum Gasteiger partial charge on any atom is -0.263 e. The molecule has 0 aliphatic carbocycles. The number of nitrogens with zero attached hydrogens (tertiary/aromatic N) is 2. The first-order valence-electron chi connectivity index (χ1n) is 5.34. The summed E-state index contributed by atoms with van der Waals surface area (Å²) in [6.45, 7) is 4.03. The van der Waals surface area contributed by atoms with Gasteiger partial charge in [-0.15, -0.1) is 0 Å². The molecule has 2 aromatic rings. The van der Waals surface area contributed by atoms with Crippen LogP contribution in [0.2, 0.25) is 0 Å². The van der Waals surface area contributed by atoms with Crippen LogP contribution in [0.3, 0.4) is 0 Å². The zero-order valence-corrected chi connectivity index (χ0v) is 15.8. The van der Waals surface area contributed by atoms with Gasteiger partial charge in [0.2, 0.25) is 0 Å². The summed E-state index contributed by atoms with van der Waals surface area (Å²) < 4.78 is 2.75. The molecule has 96 valence electrons. The average Bonchev–Trinajstić information content (AvgIpc) is 2.36. The zero-order valence-electron chi connectivity index (χ0n) is 9.42. The first kappa shape index (κ1) is 13.9. The first-order valence-corrected chi connectivity index (χ1v) is 8.64. The fourth-order valence-corrected chi connectivity index (χ4v) is 4.51. The van der Waals surface area contributed by atoms with Gasteiger partial charge in [0.05, 0.1) is 10.9 Å². The minimum atomic E-state index is -0.125. The van der Waals surface area contributed by atoms with Gasteiger partial charge < -0.3 is 0 Å². The van der Waals surface area contributed by atoms with Crippen LogP contribution >= 0.6 is 63.7 Å². The molecule has 1 aromatic heterocycles. The Morgan fingerprint density at radius 1 is 1.16 bits per heavy atom. The van der Waals surface area contributed by atoms with E-state index in [1.54, 1.807) is 0 Å². The van der Waals surface area contributed by atoms with Crippen LogP contribution in [-0.2, 0) is 0 Å². The third-order valence-corrected chi connectivity index (χ3v) is 5.68. The number of benzene rings is 1. The maximum absolute atomic E-state index is 4.65. The van der Waals surface area contributed by atoms with Gasteiger partial charge in [0, 0.05) is 19.6 Å². The van der Waals surface area contributed by atoms with E-state index < -0.39 is 0 Å². The van der Waals surface area contributed by atoms with Crippen LogP contribution in [0, 0.1) is 0 Å². The normalized spacial score (nSPS) is 18.4. The fraction of sp³-hybridized carbons (Fsp3) is 0.0769.